The van der Waals surface area contributed by atoms with Crippen LogP contribution in [0.4, 0.5) is 20.7 Å². The van der Waals surface area contributed by atoms with E-state index in [1.807, 2.05) is 0 Å². The molecule has 0 aliphatic rings. The van der Waals surface area contributed by atoms with Gasteiger partial charge in [0.25, 0.3) is 0 Å². The number of aromatic hydroxyl groups is 1. The quantitative estimate of drug-likeness (QED) is 0.00822. The van der Waals surface area contributed by atoms with Crippen molar-refractivity contribution >= 4 is 129 Å². The van der Waals surface area contributed by atoms with E-state index in [-0.39, 0.29) is 101 Å². The Morgan fingerprint density at radius 3 is 1.15 bits per heavy atom. The zero-order chi connectivity index (χ0) is 77.6. The predicted octanol–water partition coefficient (Wildman–Crippen LogP) is 12.1. The summed E-state index contributed by atoms with van der Waals surface area (Å²) in [6.07, 6.45) is 3.73. The maximum Gasteiger partial charge on any atom is 2.00 e. The number of thioether (sulfide) groups is 2. The fourth-order valence-electron chi connectivity index (χ4n) is 9.66. The molecule has 0 bridgehead atoms. The minimum Gasteiger partial charge on any atom is -0.507 e. The number of aliphatic carboxylic acids is 3. The summed E-state index contributed by atoms with van der Waals surface area (Å²) in [5.41, 5.74) is 5.02. The summed E-state index contributed by atoms with van der Waals surface area (Å²) in [7, 11) is -4.63. The van der Waals surface area contributed by atoms with Crippen LogP contribution in [0.2, 0.25) is 0 Å². The third-order valence-electron chi connectivity index (χ3n) is 15.1. The zero-order valence-corrected chi connectivity index (χ0v) is 66.9. The van der Waals surface area contributed by atoms with Crippen molar-refractivity contribution in [3.8, 4) is 34.0 Å². The molecule has 0 amide bonds. The molecule has 8 N–H and O–H groups in total. The van der Waals surface area contributed by atoms with Gasteiger partial charge in [0.1, 0.15) is 23.1 Å². The SMILES string of the molecule is CC(C)(Sc1cc(C(C)(C)C)c(O)c(C(C)(C)C)c1)Sc1cc(C(C)(C)C)c(OC(=O)CCC(=O)O)c(C(C)(C)C)c1.CN(c1ncc(/C=C/[C@@H](O)C[C@@H](O)CC(=O)O)c(-c2ccc(F)cc2)n1)S(C)(=O)=O.CN(c1ncc(/C=C/[C@@H](O)C[C@@H](O)CC(=O)O)c(-c2ccc(F)cc2)n1)S(C)(=O)=O.[Ca+2]. The number of esters is 1. The number of carboxylic acids is 3. The molecule has 23 nitrogen and oxygen atoms in total. The number of benzene rings is 4. The fourth-order valence-corrected chi connectivity index (χ4v) is 13.0. The Morgan fingerprint density at radius 2 is 0.854 bits per heavy atom. The van der Waals surface area contributed by atoms with Gasteiger partial charge in [0.15, 0.2) is 0 Å². The Bertz CT molecular complexity index is 4000. The minimum absolute atomic E-state index is 0. The molecule has 558 valence electrons. The number of aliphatic hydroxyl groups is 4. The molecule has 0 aliphatic carbocycles. The number of aliphatic hydroxyl groups excluding tert-OH is 4. The van der Waals surface area contributed by atoms with Gasteiger partial charge >= 0.3 is 61.6 Å². The number of carbonyl (C=O) groups is 4. The van der Waals surface area contributed by atoms with Crippen molar-refractivity contribution in [1.82, 2.24) is 19.9 Å². The maximum absolute atomic E-state index is 13.3. The van der Waals surface area contributed by atoms with Gasteiger partial charge in [0.2, 0.25) is 31.9 Å². The molecule has 0 aliphatic heterocycles. The largest absolute Gasteiger partial charge is 2.00 e. The predicted molar refractivity (Wildman–Crippen MR) is 401 cm³/mol. The van der Waals surface area contributed by atoms with Gasteiger partial charge in [-0.3, -0.25) is 19.2 Å². The second kappa shape index (κ2) is 37.6. The van der Waals surface area contributed by atoms with Crippen LogP contribution < -0.4 is 13.3 Å². The third kappa shape index (κ3) is 29.3. The van der Waals surface area contributed by atoms with Gasteiger partial charge in [-0.15, -0.1) is 23.5 Å². The summed E-state index contributed by atoms with van der Waals surface area (Å²) < 4.78 is 81.2. The van der Waals surface area contributed by atoms with Crippen LogP contribution >= 0.6 is 23.5 Å². The first-order valence-corrected chi connectivity index (χ1v) is 37.5. The van der Waals surface area contributed by atoms with Crippen LogP contribution in [0.3, 0.4) is 0 Å². The van der Waals surface area contributed by atoms with Crippen molar-refractivity contribution in [2.75, 3.05) is 35.2 Å². The normalized spacial score (nSPS) is 13.5. The first kappa shape index (κ1) is 90.6. The van der Waals surface area contributed by atoms with Crippen molar-refractivity contribution in [1.29, 1.82) is 0 Å². The molecule has 4 atom stereocenters. The number of aromatic nitrogens is 4. The molecule has 0 saturated heterocycles. The van der Waals surface area contributed by atoms with Crippen LogP contribution in [0.1, 0.15) is 169 Å². The summed E-state index contributed by atoms with van der Waals surface area (Å²) in [4.78, 5) is 63.7. The number of sulfonamides is 2. The summed E-state index contributed by atoms with van der Waals surface area (Å²) in [6.45, 7) is 29.7. The van der Waals surface area contributed by atoms with Gasteiger partial charge in [-0.05, 0) is 108 Å². The molecule has 0 fully saturated rings. The number of anilines is 2. The monoisotopic (exact) mass is 1530 g/mol. The van der Waals surface area contributed by atoms with Crippen LogP contribution in [0, 0.1) is 11.6 Å². The van der Waals surface area contributed by atoms with Gasteiger partial charge in [-0.2, -0.15) is 0 Å². The van der Waals surface area contributed by atoms with Crippen LogP contribution in [-0.2, 0) is 60.9 Å². The van der Waals surface area contributed by atoms with Gasteiger partial charge in [0.05, 0.1) is 78.1 Å². The van der Waals surface area contributed by atoms with Gasteiger partial charge in [-0.25, -0.2) is 54.2 Å². The van der Waals surface area contributed by atoms with E-state index in [9.17, 15) is 70.3 Å². The van der Waals surface area contributed by atoms with E-state index in [2.05, 4.69) is 141 Å². The van der Waals surface area contributed by atoms with E-state index in [1.165, 1.54) is 99.3 Å². The molecule has 103 heavy (non-hydrogen) atoms. The fraction of sp³-hybridized carbons (Fsp3) is 0.452. The Balaban J connectivity index is 0.000000408. The van der Waals surface area contributed by atoms with E-state index >= 15 is 0 Å². The smallest absolute Gasteiger partial charge is 0.507 e. The molecule has 0 radical (unpaired) electrons. The van der Waals surface area contributed by atoms with Crippen molar-refractivity contribution < 1.29 is 90.4 Å². The second-order valence-electron chi connectivity index (χ2n) is 28.9. The number of ether oxygens (including phenoxy) is 1. The first-order valence-electron chi connectivity index (χ1n) is 32.2. The number of rotatable bonds is 26. The molecule has 0 unspecified atom stereocenters. The van der Waals surface area contributed by atoms with Gasteiger partial charge in [-0.1, -0.05) is 107 Å². The number of phenolic OH excluding ortho intramolecular Hbond substituents is 1. The molecule has 6 aromatic rings. The van der Waals surface area contributed by atoms with Crippen molar-refractivity contribution in [3.05, 3.63) is 142 Å². The molecular formula is C73H96CaF2N6O17S4+2. The molecule has 30 heteroatoms. The number of nitrogens with zero attached hydrogens (tertiary/aromatic N) is 6. The molecular weight excluding hydrogens is 1440 g/mol. The maximum atomic E-state index is 13.3. The number of hydrogen-bond acceptors (Lipinski definition) is 20. The number of carboxylic acid groups (broad SMARTS) is 3. The first-order chi connectivity index (χ1) is 46.7. The Labute approximate surface area is 641 Å². The minimum atomic E-state index is -3.61. The standard InChI is InChI=1S/C35H52O5S2.2C19H22FN3O6S.Ca/c1-31(2,3)23-17-21(18-24(29(23)39)32(4,5)6)41-35(13,14)42-22-19-25(33(7,8)9)30(26(20-22)34(10,11)12)40-28(38)16-15-27(36)37;2*1-23(30(2,28)29)19-21-11-13(5-8-15(24)9-16(25)10-17(26)27)18(22-19)12-3-6-14(20)7-4-12;/h17-20,39H,15-16H2,1-14H3,(H,36,37);2*3-8,11,15-16,24-25H,9-10H2,1-2H3,(H,26,27);/q;;;+2/b;2*8-5+;/t;2*15-,16-;/m.11./s1. The summed E-state index contributed by atoms with van der Waals surface area (Å²) >= 11 is 3.53. The van der Waals surface area contributed by atoms with E-state index < -0.39 is 92.8 Å². The number of halogens is 2. The summed E-state index contributed by atoms with van der Waals surface area (Å²) in [6, 6.07) is 19.2. The average Bonchev–Trinajstić information content (AvgIpc) is 0.788. The van der Waals surface area contributed by atoms with Crippen molar-refractivity contribution in [2.45, 2.75) is 195 Å². The van der Waals surface area contributed by atoms with E-state index in [0.29, 0.717) is 45.1 Å². The van der Waals surface area contributed by atoms with Crippen LogP contribution in [0.5, 0.6) is 11.5 Å². The van der Waals surface area contributed by atoms with E-state index in [0.717, 1.165) is 53.2 Å². The third-order valence-corrected chi connectivity index (χ3v) is 19.9. The molecule has 4 aromatic carbocycles. The van der Waals surface area contributed by atoms with Gasteiger partial charge < -0.3 is 45.6 Å². The summed E-state index contributed by atoms with van der Waals surface area (Å²) in [5.74, 6) is -4.12. The van der Waals surface area contributed by atoms with Crippen molar-refractivity contribution in [2.24, 2.45) is 0 Å². The molecule has 0 spiro atoms. The second-order valence-corrected chi connectivity index (χ2v) is 36.6. The van der Waals surface area contributed by atoms with Crippen LogP contribution in [0.25, 0.3) is 34.7 Å². The Morgan fingerprint density at radius 1 is 0.534 bits per heavy atom. The van der Waals surface area contributed by atoms with Gasteiger partial charge in [0, 0.05) is 93.6 Å². The van der Waals surface area contributed by atoms with Crippen molar-refractivity contribution in [3.63, 3.8) is 0 Å². The Kier molecular flexibility index (Phi) is 33.0. The zero-order valence-electron chi connectivity index (χ0n) is 61.5. The summed E-state index contributed by atoms with van der Waals surface area (Å²) in [5, 5.41) is 76.9. The van der Waals surface area contributed by atoms with Crippen LogP contribution in [-0.4, -0.2) is 194 Å². The molecule has 2 heterocycles. The van der Waals surface area contributed by atoms with E-state index in [1.54, 1.807) is 23.5 Å². The van der Waals surface area contributed by atoms with Crippen LogP contribution in [0.15, 0.2) is 107 Å². The average molecular weight is 1540 g/mol. The number of phenols is 1. The number of carbonyl (C=O) groups excluding carboxylic acids is 1. The molecule has 6 rings (SSSR count). The van der Waals surface area contributed by atoms with E-state index in [4.69, 9.17) is 20.1 Å². The molecule has 0 saturated carbocycles. The Hall–Kier alpha value is -6.64. The topological polar surface area (TPSA) is 366 Å². The molecule has 2 aromatic heterocycles. The number of hydrogen-bond donors (Lipinski definition) is 8.